The van der Waals surface area contributed by atoms with Gasteiger partial charge in [0.05, 0.1) is 18.2 Å². The Morgan fingerprint density at radius 3 is 2.21 bits per heavy atom. The van der Waals surface area contributed by atoms with Crippen molar-refractivity contribution in [2.45, 2.75) is 76.5 Å². The van der Waals surface area contributed by atoms with Crippen LogP contribution >= 0.6 is 0 Å². The monoisotopic (exact) mass is 338 g/mol. The number of nitrogens with two attached hydrogens (primary N) is 1. The van der Waals surface area contributed by atoms with Crippen LogP contribution in [0.2, 0.25) is 0 Å². The number of hydrogen-bond donors (Lipinski definition) is 1. The summed E-state index contributed by atoms with van der Waals surface area (Å²) >= 11 is 0. The molecule has 0 spiro atoms. The van der Waals surface area contributed by atoms with Crippen molar-refractivity contribution in [2.24, 2.45) is 17.6 Å². The number of ether oxygens (including phenoxy) is 2. The molecule has 0 aromatic carbocycles. The number of piperidine rings is 1. The highest BCUT2D eigenvalue weighted by atomic mass is 16.5. The van der Waals surface area contributed by atoms with Gasteiger partial charge in [0, 0.05) is 26.3 Å². The summed E-state index contributed by atoms with van der Waals surface area (Å²) in [5.74, 6) is 1.27. The van der Waals surface area contributed by atoms with E-state index in [1.807, 2.05) is 4.90 Å². The summed E-state index contributed by atoms with van der Waals surface area (Å²) in [5.41, 5.74) is 6.24. The van der Waals surface area contributed by atoms with E-state index in [1.165, 1.54) is 25.7 Å². The lowest BCUT2D eigenvalue weighted by Crippen LogP contribution is -2.52. The third-order valence-electron chi connectivity index (χ3n) is 6.16. The average molecular weight is 338 g/mol. The van der Waals surface area contributed by atoms with E-state index in [4.69, 9.17) is 15.2 Å². The third-order valence-corrected chi connectivity index (χ3v) is 6.16. The van der Waals surface area contributed by atoms with Gasteiger partial charge in [-0.15, -0.1) is 0 Å². The van der Waals surface area contributed by atoms with Crippen molar-refractivity contribution in [3.8, 4) is 0 Å². The second kappa shape index (κ2) is 8.63. The van der Waals surface area contributed by atoms with Gasteiger partial charge in [-0.1, -0.05) is 6.92 Å². The lowest BCUT2D eigenvalue weighted by molar-refractivity contribution is -0.138. The molecule has 0 bridgehead atoms. The molecular formula is C19H34N2O3. The maximum Gasteiger partial charge on any atom is 0.239 e. The van der Waals surface area contributed by atoms with Crippen LogP contribution < -0.4 is 5.73 Å². The summed E-state index contributed by atoms with van der Waals surface area (Å²) < 4.78 is 11.7. The zero-order valence-electron chi connectivity index (χ0n) is 15.1. The summed E-state index contributed by atoms with van der Waals surface area (Å²) in [6, 6.07) is -0.355. The average Bonchev–Trinajstić information content (AvgIpc) is 2.64. The van der Waals surface area contributed by atoms with E-state index in [0.717, 1.165) is 57.9 Å². The normalized spacial score (nSPS) is 31.8. The molecule has 1 atom stereocenters. The topological polar surface area (TPSA) is 64.8 Å². The van der Waals surface area contributed by atoms with Crippen LogP contribution in [-0.2, 0) is 14.3 Å². The van der Waals surface area contributed by atoms with E-state index < -0.39 is 0 Å². The van der Waals surface area contributed by atoms with Crippen LogP contribution in [0.25, 0.3) is 0 Å². The van der Waals surface area contributed by atoms with Crippen LogP contribution in [0, 0.1) is 11.8 Å². The highest BCUT2D eigenvalue weighted by Crippen LogP contribution is 2.28. The number of carbonyl (C=O) groups excluding carboxylic acids is 1. The molecule has 0 aromatic heterocycles. The predicted molar refractivity (Wildman–Crippen MR) is 93.6 cm³/mol. The molecule has 1 unspecified atom stereocenters. The van der Waals surface area contributed by atoms with Crippen LogP contribution in [-0.4, -0.2) is 55.4 Å². The minimum atomic E-state index is -0.355. The van der Waals surface area contributed by atoms with Gasteiger partial charge in [-0.05, 0) is 63.2 Å². The third kappa shape index (κ3) is 4.70. The SMILES string of the molecule is CC1CCC(OC2CCN(C(=O)C(N)C3CCOCC3)CC2)CC1. The van der Waals surface area contributed by atoms with E-state index in [1.54, 1.807) is 0 Å². The predicted octanol–water partition coefficient (Wildman–Crippen LogP) is 2.33. The molecule has 1 saturated carbocycles. The minimum absolute atomic E-state index is 0.131. The van der Waals surface area contributed by atoms with Gasteiger partial charge < -0.3 is 20.1 Å². The Balaban J connectivity index is 1.40. The maximum absolute atomic E-state index is 12.6. The molecule has 3 fully saturated rings. The van der Waals surface area contributed by atoms with Crippen molar-refractivity contribution in [1.29, 1.82) is 0 Å². The zero-order chi connectivity index (χ0) is 16.9. The summed E-state index contributed by atoms with van der Waals surface area (Å²) in [6.07, 6.45) is 9.49. The fraction of sp³-hybridized carbons (Fsp3) is 0.947. The molecule has 1 aliphatic carbocycles. The smallest absolute Gasteiger partial charge is 0.239 e. The first-order valence-electron chi connectivity index (χ1n) is 9.91. The molecular weight excluding hydrogens is 304 g/mol. The Hall–Kier alpha value is -0.650. The Kier molecular flexibility index (Phi) is 6.53. The second-order valence-electron chi connectivity index (χ2n) is 8.02. The summed E-state index contributed by atoms with van der Waals surface area (Å²) in [4.78, 5) is 14.6. The number of nitrogens with zero attached hydrogens (tertiary/aromatic N) is 1. The Morgan fingerprint density at radius 2 is 1.58 bits per heavy atom. The van der Waals surface area contributed by atoms with Gasteiger partial charge in [-0.3, -0.25) is 4.79 Å². The van der Waals surface area contributed by atoms with E-state index >= 15 is 0 Å². The Labute approximate surface area is 146 Å². The Morgan fingerprint density at radius 1 is 1.00 bits per heavy atom. The molecule has 2 heterocycles. The maximum atomic E-state index is 12.6. The van der Waals surface area contributed by atoms with Crippen LogP contribution in [0.4, 0.5) is 0 Å². The molecule has 0 aromatic rings. The highest BCUT2D eigenvalue weighted by molar-refractivity contribution is 5.82. The minimum Gasteiger partial charge on any atom is -0.381 e. The van der Waals surface area contributed by atoms with E-state index in [2.05, 4.69) is 6.92 Å². The quantitative estimate of drug-likeness (QED) is 0.854. The van der Waals surface area contributed by atoms with Gasteiger partial charge in [-0.2, -0.15) is 0 Å². The van der Waals surface area contributed by atoms with Crippen molar-refractivity contribution >= 4 is 5.91 Å². The first-order chi connectivity index (χ1) is 11.6. The van der Waals surface area contributed by atoms with Gasteiger partial charge in [0.2, 0.25) is 5.91 Å². The molecule has 0 radical (unpaired) electrons. The van der Waals surface area contributed by atoms with E-state index in [9.17, 15) is 4.79 Å². The standard InChI is InChI=1S/C19H34N2O3/c1-14-2-4-16(5-3-14)24-17-6-10-21(11-7-17)19(22)18(20)15-8-12-23-13-9-15/h14-18H,2-13,20H2,1H3. The van der Waals surface area contributed by atoms with Crippen molar-refractivity contribution in [3.63, 3.8) is 0 Å². The van der Waals surface area contributed by atoms with E-state index in [-0.39, 0.29) is 17.9 Å². The second-order valence-corrected chi connectivity index (χ2v) is 8.02. The number of amides is 1. The molecule has 5 heteroatoms. The molecule has 2 aliphatic heterocycles. The largest absolute Gasteiger partial charge is 0.381 e. The van der Waals surface area contributed by atoms with Gasteiger partial charge >= 0.3 is 0 Å². The molecule has 138 valence electrons. The number of likely N-dealkylation sites (tertiary alicyclic amines) is 1. The molecule has 3 rings (SSSR count). The van der Waals surface area contributed by atoms with Crippen LogP contribution in [0.15, 0.2) is 0 Å². The lowest BCUT2D eigenvalue weighted by atomic mass is 9.88. The van der Waals surface area contributed by atoms with Crippen molar-refractivity contribution in [1.82, 2.24) is 4.90 Å². The van der Waals surface area contributed by atoms with E-state index in [0.29, 0.717) is 12.2 Å². The highest BCUT2D eigenvalue weighted by Gasteiger charge is 2.33. The van der Waals surface area contributed by atoms with Crippen LogP contribution in [0.3, 0.4) is 0 Å². The van der Waals surface area contributed by atoms with Gasteiger partial charge in [-0.25, -0.2) is 0 Å². The summed E-state index contributed by atoms with van der Waals surface area (Å²) in [6.45, 7) is 5.40. The fourth-order valence-electron chi connectivity index (χ4n) is 4.34. The molecule has 1 amide bonds. The molecule has 3 aliphatic rings. The molecule has 2 N–H and O–H groups in total. The number of rotatable bonds is 4. The van der Waals surface area contributed by atoms with Gasteiger partial charge in [0.1, 0.15) is 0 Å². The summed E-state index contributed by atoms with van der Waals surface area (Å²) in [5, 5.41) is 0. The zero-order valence-corrected chi connectivity index (χ0v) is 15.1. The fourth-order valence-corrected chi connectivity index (χ4v) is 4.34. The van der Waals surface area contributed by atoms with Gasteiger partial charge in [0.15, 0.2) is 0 Å². The van der Waals surface area contributed by atoms with Crippen molar-refractivity contribution in [2.75, 3.05) is 26.3 Å². The van der Waals surface area contributed by atoms with Gasteiger partial charge in [0.25, 0.3) is 0 Å². The molecule has 2 saturated heterocycles. The lowest BCUT2D eigenvalue weighted by Gasteiger charge is -2.37. The molecule has 5 nitrogen and oxygen atoms in total. The summed E-state index contributed by atoms with van der Waals surface area (Å²) in [7, 11) is 0. The van der Waals surface area contributed by atoms with Crippen molar-refractivity contribution in [3.05, 3.63) is 0 Å². The first kappa shape index (κ1) is 18.2. The number of carbonyl (C=O) groups is 1. The Bertz CT molecular complexity index is 395. The van der Waals surface area contributed by atoms with Crippen LogP contribution in [0.5, 0.6) is 0 Å². The van der Waals surface area contributed by atoms with Crippen LogP contribution in [0.1, 0.15) is 58.3 Å². The van der Waals surface area contributed by atoms with Crippen molar-refractivity contribution < 1.29 is 14.3 Å². The first-order valence-corrected chi connectivity index (χ1v) is 9.91. The number of hydrogen-bond acceptors (Lipinski definition) is 4. The molecule has 24 heavy (non-hydrogen) atoms.